The number of aromatic amines is 1. The van der Waals surface area contributed by atoms with E-state index in [1.807, 2.05) is 11.3 Å². The van der Waals surface area contributed by atoms with Crippen LogP contribution >= 0.6 is 11.3 Å². The lowest BCUT2D eigenvalue weighted by Crippen LogP contribution is -2.32. The number of thiophene rings is 1. The zero-order valence-corrected chi connectivity index (χ0v) is 15.9. The molecule has 7 heteroatoms. The van der Waals surface area contributed by atoms with Crippen LogP contribution in [0.25, 0.3) is 10.1 Å². The van der Waals surface area contributed by atoms with Crippen molar-refractivity contribution in [2.45, 2.75) is 19.9 Å². The number of nitrogens with one attached hydrogen (secondary N) is 1. The molecule has 0 amide bonds. The Hall–Kier alpha value is -2.93. The molecular weight excluding hydrogens is 356 g/mol. The van der Waals surface area contributed by atoms with Crippen molar-refractivity contribution in [3.63, 3.8) is 0 Å². The van der Waals surface area contributed by atoms with Crippen LogP contribution in [0.3, 0.4) is 0 Å². The van der Waals surface area contributed by atoms with Gasteiger partial charge in [0, 0.05) is 29.6 Å². The Morgan fingerprint density at radius 3 is 2.74 bits per heavy atom. The maximum atomic E-state index is 4.07. The first-order chi connectivity index (χ1) is 13.3. The highest BCUT2D eigenvalue weighted by atomic mass is 32.1. The zero-order valence-electron chi connectivity index (χ0n) is 15.1. The van der Waals surface area contributed by atoms with Crippen LogP contribution in [0.4, 0.5) is 11.4 Å². The Kier molecular flexibility index (Phi) is 4.01. The van der Waals surface area contributed by atoms with Gasteiger partial charge in [0.1, 0.15) is 0 Å². The van der Waals surface area contributed by atoms with Crippen LogP contribution < -0.4 is 9.80 Å². The van der Waals surface area contributed by atoms with Gasteiger partial charge in [0.25, 0.3) is 0 Å². The van der Waals surface area contributed by atoms with E-state index < -0.39 is 0 Å². The largest absolute Gasteiger partial charge is 0.352 e. The van der Waals surface area contributed by atoms with Gasteiger partial charge in [-0.1, -0.05) is 29.5 Å². The van der Waals surface area contributed by atoms with Gasteiger partial charge < -0.3 is 9.80 Å². The molecule has 2 aromatic heterocycles. The minimum Gasteiger partial charge on any atom is -0.352 e. The molecule has 3 heterocycles. The average molecular weight is 376 g/mol. The number of rotatable bonds is 5. The highest BCUT2D eigenvalue weighted by molar-refractivity contribution is 7.17. The summed E-state index contributed by atoms with van der Waals surface area (Å²) in [7, 11) is 0. The van der Waals surface area contributed by atoms with Crippen LogP contribution in [-0.2, 0) is 13.0 Å². The molecule has 136 valence electrons. The second-order valence-corrected chi connectivity index (χ2v) is 7.79. The summed E-state index contributed by atoms with van der Waals surface area (Å²) in [6, 6.07) is 15.2. The molecule has 0 bridgehead atoms. The minimum atomic E-state index is 0.755. The van der Waals surface area contributed by atoms with Crippen LogP contribution in [0.2, 0.25) is 0 Å². The first-order valence-electron chi connectivity index (χ1n) is 9.06. The molecule has 0 aliphatic carbocycles. The molecule has 27 heavy (non-hydrogen) atoms. The number of nitrogens with zero attached hydrogens (tertiary/aromatic N) is 5. The molecule has 1 aliphatic rings. The van der Waals surface area contributed by atoms with Crippen LogP contribution in [0.5, 0.6) is 0 Å². The van der Waals surface area contributed by atoms with E-state index in [1.165, 1.54) is 32.6 Å². The quantitative estimate of drug-likeness (QED) is 0.575. The summed E-state index contributed by atoms with van der Waals surface area (Å²) in [5, 5.41) is 18.0. The Bertz CT molecular complexity index is 1070. The maximum absolute atomic E-state index is 4.07. The van der Waals surface area contributed by atoms with Gasteiger partial charge in [0.15, 0.2) is 5.82 Å². The normalized spacial score (nSPS) is 13.5. The number of aryl methyl sites for hydroxylation is 1. The molecule has 1 aliphatic heterocycles. The van der Waals surface area contributed by atoms with E-state index in [9.17, 15) is 0 Å². The second-order valence-electron chi connectivity index (χ2n) is 6.88. The summed E-state index contributed by atoms with van der Waals surface area (Å²) in [5.41, 5.74) is 5.32. The smallest absolute Gasteiger partial charge is 0.176 e. The molecule has 0 atom stereocenters. The second kappa shape index (κ2) is 6.66. The number of aromatic nitrogens is 4. The van der Waals surface area contributed by atoms with Crippen molar-refractivity contribution in [1.82, 2.24) is 20.6 Å². The molecule has 0 spiro atoms. The van der Waals surface area contributed by atoms with Crippen molar-refractivity contribution in [3.8, 4) is 0 Å². The summed E-state index contributed by atoms with van der Waals surface area (Å²) in [6.45, 7) is 4.87. The monoisotopic (exact) mass is 376 g/mol. The number of fused-ring (bicyclic) bond motifs is 2. The Morgan fingerprint density at radius 1 is 1.07 bits per heavy atom. The topological polar surface area (TPSA) is 60.9 Å². The van der Waals surface area contributed by atoms with Crippen LogP contribution in [0.15, 0.2) is 47.8 Å². The van der Waals surface area contributed by atoms with E-state index in [0.29, 0.717) is 0 Å². The van der Waals surface area contributed by atoms with Gasteiger partial charge in [-0.3, -0.25) is 0 Å². The van der Waals surface area contributed by atoms with Gasteiger partial charge in [0.05, 0.1) is 18.0 Å². The van der Waals surface area contributed by atoms with Crippen molar-refractivity contribution in [2.24, 2.45) is 0 Å². The average Bonchev–Trinajstić information content (AvgIpc) is 3.41. The van der Waals surface area contributed by atoms with Gasteiger partial charge in [-0.2, -0.15) is 5.21 Å². The van der Waals surface area contributed by atoms with Crippen molar-refractivity contribution in [2.75, 3.05) is 23.0 Å². The van der Waals surface area contributed by atoms with Crippen LogP contribution in [0, 0.1) is 6.92 Å². The van der Waals surface area contributed by atoms with Gasteiger partial charge in [-0.15, -0.1) is 21.5 Å². The molecular formula is C20H20N6S. The highest BCUT2D eigenvalue weighted by Crippen LogP contribution is 2.38. The number of para-hydroxylation sites is 2. The SMILES string of the molecule is Cc1cccc2scc(CN3CN(CCc4nn[nH]n4)c4ccccc43)c12. The van der Waals surface area contributed by atoms with Crippen LogP contribution in [-0.4, -0.2) is 33.8 Å². The number of benzene rings is 2. The predicted octanol–water partition coefficient (Wildman–Crippen LogP) is 3.75. The third-order valence-corrected chi connectivity index (χ3v) is 6.14. The van der Waals surface area contributed by atoms with E-state index in [0.717, 1.165) is 32.0 Å². The fourth-order valence-corrected chi connectivity index (χ4v) is 4.90. The summed E-state index contributed by atoms with van der Waals surface area (Å²) in [4.78, 5) is 4.85. The van der Waals surface area contributed by atoms with Crippen molar-refractivity contribution in [3.05, 3.63) is 64.8 Å². The summed E-state index contributed by atoms with van der Waals surface area (Å²) >= 11 is 1.83. The minimum absolute atomic E-state index is 0.755. The van der Waals surface area contributed by atoms with Crippen LogP contribution in [0.1, 0.15) is 17.0 Å². The Morgan fingerprint density at radius 2 is 1.93 bits per heavy atom. The molecule has 4 aromatic rings. The third-order valence-electron chi connectivity index (χ3n) is 5.14. The molecule has 0 fully saturated rings. The first kappa shape index (κ1) is 16.3. The van der Waals surface area contributed by atoms with E-state index in [2.05, 4.69) is 85.2 Å². The van der Waals surface area contributed by atoms with Crippen molar-refractivity contribution in [1.29, 1.82) is 0 Å². The number of H-pyrrole nitrogens is 1. The Labute approximate surface area is 161 Å². The highest BCUT2D eigenvalue weighted by Gasteiger charge is 2.26. The molecule has 0 saturated carbocycles. The third kappa shape index (κ3) is 2.94. The lowest BCUT2D eigenvalue weighted by molar-refractivity contribution is 0.741. The van der Waals surface area contributed by atoms with E-state index >= 15 is 0 Å². The molecule has 0 unspecified atom stereocenters. The maximum Gasteiger partial charge on any atom is 0.176 e. The first-order valence-corrected chi connectivity index (χ1v) is 9.94. The molecule has 6 nitrogen and oxygen atoms in total. The van der Waals surface area contributed by atoms with E-state index in [4.69, 9.17) is 0 Å². The van der Waals surface area contributed by atoms with Gasteiger partial charge in [-0.25, -0.2) is 0 Å². The predicted molar refractivity (Wildman–Crippen MR) is 109 cm³/mol. The lowest BCUT2D eigenvalue weighted by Gasteiger charge is -2.21. The number of tetrazole rings is 1. The summed E-state index contributed by atoms with van der Waals surface area (Å²) in [5.74, 6) is 0.755. The fraction of sp³-hybridized carbons (Fsp3) is 0.250. The van der Waals surface area contributed by atoms with E-state index in [-0.39, 0.29) is 0 Å². The zero-order chi connectivity index (χ0) is 18.2. The molecule has 0 saturated heterocycles. The molecule has 0 radical (unpaired) electrons. The molecule has 5 rings (SSSR count). The standard InChI is InChI=1S/C20H20N6S/c1-14-5-4-8-18-20(14)15(12-27-18)11-26-13-25(10-9-19-21-23-24-22-19)16-6-2-3-7-17(16)26/h2-8,12H,9-11,13H2,1H3,(H,21,22,23,24). The number of hydrogen-bond donors (Lipinski definition) is 1. The molecule has 2 aromatic carbocycles. The van der Waals surface area contributed by atoms with Crippen molar-refractivity contribution >= 4 is 32.8 Å². The van der Waals surface area contributed by atoms with Gasteiger partial charge in [-0.05, 0) is 41.6 Å². The van der Waals surface area contributed by atoms with Gasteiger partial charge in [0.2, 0.25) is 0 Å². The number of hydrogen-bond acceptors (Lipinski definition) is 6. The summed E-state index contributed by atoms with van der Waals surface area (Å²) < 4.78 is 1.37. The summed E-state index contributed by atoms with van der Waals surface area (Å²) in [6.07, 6.45) is 0.777. The Balaban J connectivity index is 1.41. The van der Waals surface area contributed by atoms with E-state index in [1.54, 1.807) is 0 Å². The van der Waals surface area contributed by atoms with Gasteiger partial charge >= 0.3 is 0 Å². The fourth-order valence-electron chi connectivity index (χ4n) is 3.87. The lowest BCUT2D eigenvalue weighted by atomic mass is 10.1. The van der Waals surface area contributed by atoms with Crippen molar-refractivity contribution < 1.29 is 0 Å². The number of anilines is 2. The molecule has 1 N–H and O–H groups in total.